The molecular formula is C12H16ClN3OS. The number of thiocarbonyl (C=S) groups is 1. The number of benzene rings is 1. The summed E-state index contributed by atoms with van der Waals surface area (Å²) < 4.78 is 0. The van der Waals surface area contributed by atoms with E-state index in [0.717, 1.165) is 6.54 Å². The lowest BCUT2D eigenvalue weighted by Crippen LogP contribution is -2.47. The fourth-order valence-electron chi connectivity index (χ4n) is 1.16. The molecule has 0 aliphatic heterocycles. The van der Waals surface area contributed by atoms with Crippen LogP contribution in [0.2, 0.25) is 5.02 Å². The molecule has 0 bridgehead atoms. The van der Waals surface area contributed by atoms with Crippen LogP contribution in [-0.4, -0.2) is 17.6 Å². The van der Waals surface area contributed by atoms with E-state index < -0.39 is 0 Å². The average molecular weight is 286 g/mol. The van der Waals surface area contributed by atoms with Crippen LogP contribution in [0.5, 0.6) is 0 Å². The Morgan fingerprint density at radius 3 is 2.72 bits per heavy atom. The molecule has 0 saturated heterocycles. The van der Waals surface area contributed by atoms with Crippen LogP contribution in [0.3, 0.4) is 0 Å². The zero-order valence-electron chi connectivity index (χ0n) is 10.3. The van der Waals surface area contributed by atoms with Crippen molar-refractivity contribution < 1.29 is 4.79 Å². The van der Waals surface area contributed by atoms with Crippen molar-refractivity contribution in [2.45, 2.75) is 13.8 Å². The number of nitrogens with one attached hydrogen (secondary N) is 3. The van der Waals surface area contributed by atoms with Gasteiger partial charge >= 0.3 is 0 Å². The molecule has 0 atom stereocenters. The topological polar surface area (TPSA) is 53.2 Å². The Kier molecular flexibility index (Phi) is 5.88. The van der Waals surface area contributed by atoms with Gasteiger partial charge in [-0.15, -0.1) is 0 Å². The average Bonchev–Trinajstić information content (AvgIpc) is 2.33. The number of hydrogen-bond donors (Lipinski definition) is 3. The minimum Gasteiger partial charge on any atom is -0.361 e. The zero-order valence-corrected chi connectivity index (χ0v) is 11.9. The van der Waals surface area contributed by atoms with Crippen molar-refractivity contribution in [2.75, 3.05) is 6.54 Å². The Labute approximate surface area is 117 Å². The summed E-state index contributed by atoms with van der Waals surface area (Å²) in [5.41, 5.74) is 5.61. The molecular weight excluding hydrogens is 270 g/mol. The predicted molar refractivity (Wildman–Crippen MR) is 77.5 cm³/mol. The van der Waals surface area contributed by atoms with E-state index in [4.69, 9.17) is 23.8 Å². The van der Waals surface area contributed by atoms with Crippen molar-refractivity contribution in [3.63, 3.8) is 0 Å². The Morgan fingerprint density at radius 1 is 1.39 bits per heavy atom. The van der Waals surface area contributed by atoms with Crippen molar-refractivity contribution in [1.82, 2.24) is 16.2 Å². The monoisotopic (exact) mass is 285 g/mol. The van der Waals surface area contributed by atoms with E-state index in [0.29, 0.717) is 21.6 Å². The van der Waals surface area contributed by atoms with Gasteiger partial charge in [0.2, 0.25) is 0 Å². The van der Waals surface area contributed by atoms with Gasteiger partial charge in [0.25, 0.3) is 5.91 Å². The fraction of sp³-hybridized carbons (Fsp3) is 0.333. The lowest BCUT2D eigenvalue weighted by Gasteiger charge is -2.12. The number of carbonyl (C=O) groups excluding carboxylic acids is 1. The molecule has 18 heavy (non-hydrogen) atoms. The van der Waals surface area contributed by atoms with Gasteiger partial charge in [-0.1, -0.05) is 31.5 Å². The summed E-state index contributed by atoms with van der Waals surface area (Å²) in [5.74, 6) is 0.194. The maximum absolute atomic E-state index is 11.7. The number of hydrogen-bond acceptors (Lipinski definition) is 2. The lowest BCUT2D eigenvalue weighted by molar-refractivity contribution is 0.0943. The first-order chi connectivity index (χ1) is 8.49. The van der Waals surface area contributed by atoms with E-state index in [-0.39, 0.29) is 5.91 Å². The largest absolute Gasteiger partial charge is 0.361 e. The van der Waals surface area contributed by atoms with E-state index in [9.17, 15) is 4.79 Å². The standard InChI is InChI=1S/C12H16ClN3OS/c1-8(2)7-14-12(18)16-15-11(17)9-4-3-5-10(13)6-9/h3-6,8H,7H2,1-2H3,(H,15,17)(H2,14,16,18). The van der Waals surface area contributed by atoms with E-state index >= 15 is 0 Å². The van der Waals surface area contributed by atoms with Gasteiger partial charge in [0, 0.05) is 17.1 Å². The van der Waals surface area contributed by atoms with Crippen LogP contribution in [-0.2, 0) is 0 Å². The molecule has 1 aromatic rings. The van der Waals surface area contributed by atoms with Crippen LogP contribution >= 0.6 is 23.8 Å². The normalized spacial score (nSPS) is 10.0. The second-order valence-corrected chi connectivity index (χ2v) is 5.04. The summed E-state index contributed by atoms with van der Waals surface area (Å²) in [4.78, 5) is 11.7. The molecule has 1 aromatic carbocycles. The van der Waals surface area contributed by atoms with Gasteiger partial charge in [-0.2, -0.15) is 0 Å². The third-order valence-electron chi connectivity index (χ3n) is 2.05. The first-order valence-electron chi connectivity index (χ1n) is 5.59. The van der Waals surface area contributed by atoms with Crippen molar-refractivity contribution in [3.8, 4) is 0 Å². The quantitative estimate of drug-likeness (QED) is 0.588. The van der Waals surface area contributed by atoms with Crippen LogP contribution in [0.15, 0.2) is 24.3 Å². The zero-order chi connectivity index (χ0) is 13.5. The molecule has 0 aliphatic rings. The number of halogens is 1. The number of hydrazine groups is 1. The van der Waals surface area contributed by atoms with Crippen molar-refractivity contribution in [1.29, 1.82) is 0 Å². The summed E-state index contributed by atoms with van der Waals surface area (Å²) in [6.07, 6.45) is 0. The highest BCUT2D eigenvalue weighted by Crippen LogP contribution is 2.09. The Bertz CT molecular complexity index is 437. The molecule has 0 aromatic heterocycles. The van der Waals surface area contributed by atoms with Crippen molar-refractivity contribution >= 4 is 34.8 Å². The lowest BCUT2D eigenvalue weighted by atomic mass is 10.2. The van der Waals surface area contributed by atoms with Gasteiger partial charge in [0.05, 0.1) is 0 Å². The molecule has 1 rings (SSSR count). The van der Waals surface area contributed by atoms with E-state index in [1.807, 2.05) is 0 Å². The molecule has 98 valence electrons. The first-order valence-corrected chi connectivity index (χ1v) is 6.37. The number of amides is 1. The minimum absolute atomic E-state index is 0.286. The van der Waals surface area contributed by atoms with E-state index in [2.05, 4.69) is 30.0 Å². The van der Waals surface area contributed by atoms with Crippen LogP contribution in [0, 0.1) is 5.92 Å². The summed E-state index contributed by atoms with van der Waals surface area (Å²) in [5, 5.41) is 3.88. The highest BCUT2D eigenvalue weighted by atomic mass is 35.5. The van der Waals surface area contributed by atoms with Crippen LogP contribution in [0.4, 0.5) is 0 Å². The minimum atomic E-state index is -0.286. The molecule has 0 fully saturated rings. The first kappa shape index (κ1) is 14.7. The molecule has 0 spiro atoms. The van der Waals surface area contributed by atoms with Gasteiger partial charge in [-0.05, 0) is 36.3 Å². The molecule has 4 nitrogen and oxygen atoms in total. The van der Waals surface area contributed by atoms with Gasteiger partial charge in [0.1, 0.15) is 0 Å². The van der Waals surface area contributed by atoms with Crippen LogP contribution < -0.4 is 16.2 Å². The maximum Gasteiger partial charge on any atom is 0.269 e. The summed E-state index contributed by atoms with van der Waals surface area (Å²) >= 11 is 10.8. The summed E-state index contributed by atoms with van der Waals surface area (Å²) in [6.45, 7) is 4.89. The number of rotatable bonds is 3. The highest BCUT2D eigenvalue weighted by Gasteiger charge is 2.05. The molecule has 6 heteroatoms. The fourth-order valence-corrected chi connectivity index (χ4v) is 1.48. The van der Waals surface area contributed by atoms with Crippen molar-refractivity contribution in [2.24, 2.45) is 5.92 Å². The number of carbonyl (C=O) groups is 1. The molecule has 0 saturated carbocycles. The Morgan fingerprint density at radius 2 is 2.11 bits per heavy atom. The van der Waals surface area contributed by atoms with Gasteiger partial charge in [-0.25, -0.2) is 0 Å². The highest BCUT2D eigenvalue weighted by molar-refractivity contribution is 7.80. The maximum atomic E-state index is 11.7. The van der Waals surface area contributed by atoms with Crippen LogP contribution in [0.25, 0.3) is 0 Å². The molecule has 0 unspecified atom stereocenters. The van der Waals surface area contributed by atoms with E-state index in [1.54, 1.807) is 24.3 Å². The molecule has 3 N–H and O–H groups in total. The third-order valence-corrected chi connectivity index (χ3v) is 2.53. The molecule has 0 heterocycles. The van der Waals surface area contributed by atoms with Gasteiger partial charge in [-0.3, -0.25) is 15.6 Å². The third kappa shape index (κ3) is 5.33. The van der Waals surface area contributed by atoms with Crippen molar-refractivity contribution in [3.05, 3.63) is 34.9 Å². The summed E-state index contributed by atoms with van der Waals surface area (Å²) in [6, 6.07) is 6.68. The Balaban J connectivity index is 2.39. The van der Waals surface area contributed by atoms with E-state index in [1.165, 1.54) is 0 Å². The molecule has 0 radical (unpaired) electrons. The Hall–Kier alpha value is -1.33. The predicted octanol–water partition coefficient (Wildman–Crippen LogP) is 2.10. The second-order valence-electron chi connectivity index (χ2n) is 4.19. The SMILES string of the molecule is CC(C)CNC(=S)NNC(=O)c1cccc(Cl)c1. The summed E-state index contributed by atoms with van der Waals surface area (Å²) in [7, 11) is 0. The van der Waals surface area contributed by atoms with Crippen LogP contribution in [0.1, 0.15) is 24.2 Å². The molecule has 0 aliphatic carbocycles. The smallest absolute Gasteiger partial charge is 0.269 e. The van der Waals surface area contributed by atoms with Gasteiger partial charge < -0.3 is 5.32 Å². The van der Waals surface area contributed by atoms with Gasteiger partial charge in [0.15, 0.2) is 5.11 Å². The molecule has 1 amide bonds. The second kappa shape index (κ2) is 7.18.